The SMILES string of the molecule is CN=C(NCc1cc(C)no1)N1CCCC2(CNC(=O)C2)C1. The van der Waals surface area contributed by atoms with Crippen LogP contribution < -0.4 is 10.6 Å². The number of nitrogens with one attached hydrogen (secondary N) is 2. The number of hydrogen-bond acceptors (Lipinski definition) is 4. The van der Waals surface area contributed by atoms with Gasteiger partial charge >= 0.3 is 0 Å². The molecule has 1 unspecified atom stereocenters. The Labute approximate surface area is 130 Å². The van der Waals surface area contributed by atoms with E-state index in [0.29, 0.717) is 13.0 Å². The minimum absolute atomic E-state index is 0.0653. The first kappa shape index (κ1) is 14.9. The van der Waals surface area contributed by atoms with E-state index in [1.807, 2.05) is 13.0 Å². The molecule has 1 atom stereocenters. The Morgan fingerprint density at radius 2 is 2.50 bits per heavy atom. The lowest BCUT2D eigenvalue weighted by atomic mass is 9.79. The zero-order valence-corrected chi connectivity index (χ0v) is 13.2. The van der Waals surface area contributed by atoms with E-state index in [9.17, 15) is 4.79 Å². The van der Waals surface area contributed by atoms with E-state index in [-0.39, 0.29) is 11.3 Å². The number of piperidine rings is 1. The van der Waals surface area contributed by atoms with Crippen molar-refractivity contribution >= 4 is 11.9 Å². The summed E-state index contributed by atoms with van der Waals surface area (Å²) in [7, 11) is 1.79. The van der Waals surface area contributed by atoms with Crippen LogP contribution in [-0.4, -0.2) is 48.6 Å². The average molecular weight is 305 g/mol. The minimum atomic E-state index is 0.0653. The maximum absolute atomic E-state index is 11.6. The lowest BCUT2D eigenvalue weighted by Gasteiger charge is -2.40. The number of aliphatic imine (C=N–C) groups is 1. The smallest absolute Gasteiger partial charge is 0.220 e. The summed E-state index contributed by atoms with van der Waals surface area (Å²) in [6.07, 6.45) is 2.80. The first-order valence-electron chi connectivity index (χ1n) is 7.75. The molecule has 120 valence electrons. The Morgan fingerprint density at radius 1 is 1.64 bits per heavy atom. The summed E-state index contributed by atoms with van der Waals surface area (Å²) in [6.45, 7) is 5.07. The van der Waals surface area contributed by atoms with Crippen molar-refractivity contribution in [3.63, 3.8) is 0 Å². The van der Waals surface area contributed by atoms with E-state index in [1.54, 1.807) is 7.05 Å². The summed E-state index contributed by atoms with van der Waals surface area (Å²) < 4.78 is 5.21. The number of amides is 1. The van der Waals surface area contributed by atoms with Gasteiger partial charge < -0.3 is 20.1 Å². The molecule has 1 spiro atoms. The largest absolute Gasteiger partial charge is 0.359 e. The van der Waals surface area contributed by atoms with Crippen LogP contribution >= 0.6 is 0 Å². The molecule has 0 saturated carbocycles. The van der Waals surface area contributed by atoms with Crippen molar-refractivity contribution in [3.8, 4) is 0 Å². The summed E-state index contributed by atoms with van der Waals surface area (Å²) in [4.78, 5) is 18.2. The van der Waals surface area contributed by atoms with Gasteiger partial charge in [-0.05, 0) is 19.8 Å². The second-order valence-electron chi connectivity index (χ2n) is 6.31. The average Bonchev–Trinajstić information content (AvgIpc) is 3.06. The fourth-order valence-corrected chi connectivity index (χ4v) is 3.43. The van der Waals surface area contributed by atoms with Crippen molar-refractivity contribution in [1.82, 2.24) is 20.7 Å². The number of hydrogen-bond donors (Lipinski definition) is 2. The molecule has 1 aromatic rings. The first-order chi connectivity index (χ1) is 10.6. The molecule has 0 aromatic carbocycles. The van der Waals surface area contributed by atoms with Crippen molar-refractivity contribution in [2.45, 2.75) is 32.7 Å². The van der Waals surface area contributed by atoms with Gasteiger partial charge in [-0.2, -0.15) is 0 Å². The molecule has 22 heavy (non-hydrogen) atoms. The Balaban J connectivity index is 1.62. The molecule has 2 fully saturated rings. The summed E-state index contributed by atoms with van der Waals surface area (Å²) in [5, 5.41) is 10.2. The fourth-order valence-electron chi connectivity index (χ4n) is 3.43. The molecule has 3 rings (SSSR count). The van der Waals surface area contributed by atoms with Gasteiger partial charge in [-0.15, -0.1) is 0 Å². The molecule has 3 heterocycles. The number of carbonyl (C=O) groups is 1. The van der Waals surface area contributed by atoms with Crippen LogP contribution in [0.25, 0.3) is 0 Å². The van der Waals surface area contributed by atoms with Crippen LogP contribution in [0, 0.1) is 12.3 Å². The number of likely N-dealkylation sites (tertiary alicyclic amines) is 1. The van der Waals surface area contributed by atoms with Gasteiger partial charge in [0.05, 0.1) is 12.2 Å². The quantitative estimate of drug-likeness (QED) is 0.619. The normalized spacial score (nSPS) is 25.6. The van der Waals surface area contributed by atoms with Crippen molar-refractivity contribution in [1.29, 1.82) is 0 Å². The van der Waals surface area contributed by atoms with E-state index >= 15 is 0 Å². The van der Waals surface area contributed by atoms with Crippen LogP contribution in [0.15, 0.2) is 15.6 Å². The molecular formula is C15H23N5O2. The Kier molecular flexibility index (Phi) is 4.04. The molecule has 7 heteroatoms. The lowest BCUT2D eigenvalue weighted by Crippen LogP contribution is -2.51. The van der Waals surface area contributed by atoms with E-state index in [2.05, 4.69) is 25.7 Å². The summed E-state index contributed by atoms with van der Waals surface area (Å²) in [5.74, 6) is 1.82. The van der Waals surface area contributed by atoms with E-state index in [4.69, 9.17) is 4.52 Å². The Morgan fingerprint density at radius 3 is 3.14 bits per heavy atom. The molecule has 1 aromatic heterocycles. The highest BCUT2D eigenvalue weighted by Gasteiger charge is 2.42. The third-order valence-electron chi connectivity index (χ3n) is 4.47. The van der Waals surface area contributed by atoms with Gasteiger partial charge in [0, 0.05) is 44.6 Å². The standard InChI is InChI=1S/C15H23N5O2/c1-11-6-12(22-19-11)8-17-14(16-2)20-5-3-4-15(10-20)7-13(21)18-9-15/h6H,3-5,7-10H2,1-2H3,(H,16,17)(H,18,21). The van der Waals surface area contributed by atoms with Crippen LogP contribution in [0.5, 0.6) is 0 Å². The monoisotopic (exact) mass is 305 g/mol. The molecule has 0 bridgehead atoms. The second-order valence-corrected chi connectivity index (χ2v) is 6.31. The van der Waals surface area contributed by atoms with Crippen LogP contribution in [0.2, 0.25) is 0 Å². The van der Waals surface area contributed by atoms with Crippen molar-refractivity contribution in [2.24, 2.45) is 10.4 Å². The number of aryl methyl sites for hydroxylation is 1. The number of carbonyl (C=O) groups excluding carboxylic acids is 1. The highest BCUT2D eigenvalue weighted by molar-refractivity contribution is 5.81. The van der Waals surface area contributed by atoms with Crippen molar-refractivity contribution in [3.05, 3.63) is 17.5 Å². The van der Waals surface area contributed by atoms with Crippen LogP contribution in [-0.2, 0) is 11.3 Å². The van der Waals surface area contributed by atoms with Gasteiger partial charge in [0.1, 0.15) is 0 Å². The summed E-state index contributed by atoms with van der Waals surface area (Å²) >= 11 is 0. The molecule has 2 aliphatic rings. The Bertz CT molecular complexity index is 582. The molecule has 2 saturated heterocycles. The zero-order valence-electron chi connectivity index (χ0n) is 13.2. The highest BCUT2D eigenvalue weighted by Crippen LogP contribution is 2.35. The molecular weight excluding hydrogens is 282 g/mol. The van der Waals surface area contributed by atoms with Crippen LogP contribution in [0.4, 0.5) is 0 Å². The number of rotatable bonds is 2. The molecule has 0 aliphatic carbocycles. The topological polar surface area (TPSA) is 82.8 Å². The predicted octanol–water partition coefficient (Wildman–Crippen LogP) is 0.661. The summed E-state index contributed by atoms with van der Waals surface area (Å²) in [5.41, 5.74) is 0.940. The molecule has 2 aliphatic heterocycles. The third-order valence-corrected chi connectivity index (χ3v) is 4.47. The summed E-state index contributed by atoms with van der Waals surface area (Å²) in [6, 6.07) is 1.91. The minimum Gasteiger partial charge on any atom is -0.359 e. The van der Waals surface area contributed by atoms with Crippen LogP contribution in [0.1, 0.15) is 30.7 Å². The second kappa shape index (κ2) is 5.98. The highest BCUT2D eigenvalue weighted by atomic mass is 16.5. The molecule has 7 nitrogen and oxygen atoms in total. The van der Waals surface area contributed by atoms with Gasteiger partial charge in [-0.25, -0.2) is 0 Å². The molecule has 1 amide bonds. The van der Waals surface area contributed by atoms with Crippen molar-refractivity contribution < 1.29 is 9.32 Å². The number of nitrogens with zero attached hydrogens (tertiary/aromatic N) is 3. The third kappa shape index (κ3) is 3.08. The lowest BCUT2D eigenvalue weighted by molar-refractivity contribution is -0.119. The maximum atomic E-state index is 11.6. The predicted molar refractivity (Wildman–Crippen MR) is 82.3 cm³/mol. The van der Waals surface area contributed by atoms with Gasteiger partial charge in [0.25, 0.3) is 0 Å². The van der Waals surface area contributed by atoms with Gasteiger partial charge in [-0.3, -0.25) is 9.79 Å². The molecule has 0 radical (unpaired) electrons. The van der Waals surface area contributed by atoms with Crippen molar-refractivity contribution in [2.75, 3.05) is 26.7 Å². The number of guanidine groups is 1. The van der Waals surface area contributed by atoms with E-state index in [0.717, 1.165) is 49.9 Å². The van der Waals surface area contributed by atoms with Gasteiger partial charge in [0.15, 0.2) is 11.7 Å². The van der Waals surface area contributed by atoms with E-state index < -0.39 is 0 Å². The fraction of sp³-hybridized carbons (Fsp3) is 0.667. The van der Waals surface area contributed by atoms with Crippen LogP contribution in [0.3, 0.4) is 0 Å². The van der Waals surface area contributed by atoms with Gasteiger partial charge in [-0.1, -0.05) is 5.16 Å². The number of aromatic nitrogens is 1. The first-order valence-corrected chi connectivity index (χ1v) is 7.75. The Hall–Kier alpha value is -2.05. The molecule has 2 N–H and O–H groups in total. The zero-order chi connectivity index (χ0) is 15.6. The van der Waals surface area contributed by atoms with Gasteiger partial charge in [0.2, 0.25) is 5.91 Å². The van der Waals surface area contributed by atoms with E-state index in [1.165, 1.54) is 0 Å². The maximum Gasteiger partial charge on any atom is 0.220 e.